The fourth-order valence-electron chi connectivity index (χ4n) is 5.25. The van der Waals surface area contributed by atoms with Gasteiger partial charge in [0.15, 0.2) is 11.5 Å². The number of carbonyl (C=O) groups excluding carboxylic acids is 2. The van der Waals surface area contributed by atoms with Crippen molar-refractivity contribution in [2.75, 3.05) is 29.9 Å². The lowest BCUT2D eigenvalue weighted by molar-refractivity contribution is -0.148. The molecule has 1 atom stereocenters. The molecule has 1 aliphatic carbocycles. The van der Waals surface area contributed by atoms with Crippen molar-refractivity contribution < 1.29 is 23.2 Å². The zero-order valence-electron chi connectivity index (χ0n) is 19.7. The average Bonchev–Trinajstić information content (AvgIpc) is 3.33. The first kappa shape index (κ1) is 22.3. The number of benzene rings is 3. The quantitative estimate of drug-likeness (QED) is 0.320. The van der Waals surface area contributed by atoms with E-state index in [1.165, 1.54) is 12.1 Å². The maximum Gasteiger partial charge on any atom is 0.310 e. The molecule has 1 fully saturated rings. The highest BCUT2D eigenvalue weighted by Crippen LogP contribution is 2.46. The number of anilines is 3. The van der Waals surface area contributed by atoms with Gasteiger partial charge in [0.25, 0.3) is 0 Å². The molecule has 0 unspecified atom stereocenters. The molecule has 1 aliphatic heterocycles. The van der Waals surface area contributed by atoms with Gasteiger partial charge in [-0.1, -0.05) is 35.5 Å². The number of rotatable bonds is 5. The second-order valence-corrected chi connectivity index (χ2v) is 9.10. The van der Waals surface area contributed by atoms with Crippen LogP contribution in [0.5, 0.6) is 0 Å². The summed E-state index contributed by atoms with van der Waals surface area (Å²) in [5.74, 6) is -0.474. The van der Waals surface area contributed by atoms with Crippen molar-refractivity contribution in [2.45, 2.75) is 19.8 Å². The molecule has 6 rings (SSSR count). The number of halogens is 1. The monoisotopic (exact) mass is 485 g/mol. The van der Waals surface area contributed by atoms with Gasteiger partial charge < -0.3 is 19.5 Å². The van der Waals surface area contributed by atoms with Gasteiger partial charge in [-0.15, -0.1) is 0 Å². The fourth-order valence-corrected chi connectivity index (χ4v) is 5.25. The molecule has 0 bridgehead atoms. The number of nitrogens with one attached hydrogen (secondary N) is 1. The number of hydrogen-bond donors (Lipinski definition) is 1. The van der Waals surface area contributed by atoms with Gasteiger partial charge in [-0.25, -0.2) is 4.39 Å². The van der Waals surface area contributed by atoms with E-state index < -0.39 is 0 Å². The summed E-state index contributed by atoms with van der Waals surface area (Å²) in [6, 6.07) is 15.2. The lowest BCUT2D eigenvalue weighted by Crippen LogP contribution is -2.39. The van der Waals surface area contributed by atoms with Crippen LogP contribution in [-0.4, -0.2) is 36.6 Å². The highest BCUT2D eigenvalue weighted by molar-refractivity contribution is 6.28. The van der Waals surface area contributed by atoms with Crippen LogP contribution in [0.15, 0.2) is 59.1 Å². The second-order valence-electron chi connectivity index (χ2n) is 9.10. The van der Waals surface area contributed by atoms with Crippen LogP contribution in [0.25, 0.3) is 22.2 Å². The molecular formula is C28H24FN3O4. The van der Waals surface area contributed by atoms with Crippen LogP contribution in [0.2, 0.25) is 0 Å². The van der Waals surface area contributed by atoms with Gasteiger partial charge in [-0.2, -0.15) is 0 Å². The lowest BCUT2D eigenvalue weighted by Gasteiger charge is -2.34. The molecule has 0 spiro atoms. The zero-order valence-corrected chi connectivity index (χ0v) is 19.7. The Bertz CT molecular complexity index is 1510. The van der Waals surface area contributed by atoms with Crippen LogP contribution < -0.4 is 10.2 Å². The Kier molecular flexibility index (Phi) is 5.44. The number of aromatic nitrogens is 1. The largest absolute Gasteiger partial charge is 0.466 e. The van der Waals surface area contributed by atoms with Gasteiger partial charge in [0, 0.05) is 29.9 Å². The molecular weight excluding hydrogens is 461 g/mol. The van der Waals surface area contributed by atoms with Gasteiger partial charge in [-0.05, 0) is 44.0 Å². The smallest absolute Gasteiger partial charge is 0.310 e. The zero-order chi connectivity index (χ0) is 24.8. The van der Waals surface area contributed by atoms with Crippen molar-refractivity contribution in [3.05, 3.63) is 71.5 Å². The van der Waals surface area contributed by atoms with Crippen LogP contribution in [0.1, 0.15) is 35.7 Å². The summed E-state index contributed by atoms with van der Waals surface area (Å²) in [6.07, 6.45) is 1.56. The molecule has 1 N–H and O–H groups in total. The maximum atomic E-state index is 14.0. The van der Waals surface area contributed by atoms with E-state index in [1.807, 2.05) is 24.3 Å². The molecule has 3 aromatic carbocycles. The van der Waals surface area contributed by atoms with Crippen molar-refractivity contribution in [1.82, 2.24) is 5.16 Å². The summed E-state index contributed by atoms with van der Waals surface area (Å²) in [6.45, 7) is 3.33. The van der Waals surface area contributed by atoms with Crippen molar-refractivity contribution >= 4 is 39.7 Å². The van der Waals surface area contributed by atoms with Crippen LogP contribution in [0.4, 0.5) is 21.5 Å². The Labute approximate surface area is 206 Å². The van der Waals surface area contributed by atoms with E-state index in [0.717, 1.165) is 25.1 Å². The van der Waals surface area contributed by atoms with Crippen molar-refractivity contribution in [3.63, 3.8) is 0 Å². The molecule has 2 aliphatic rings. The molecule has 182 valence electrons. The second kappa shape index (κ2) is 8.78. The van der Waals surface area contributed by atoms with Crippen LogP contribution in [-0.2, 0) is 9.53 Å². The number of esters is 1. The summed E-state index contributed by atoms with van der Waals surface area (Å²) in [7, 11) is 0. The fraction of sp³-hybridized carbons (Fsp3) is 0.250. The van der Waals surface area contributed by atoms with E-state index in [-0.39, 0.29) is 23.5 Å². The Balaban J connectivity index is 1.53. The van der Waals surface area contributed by atoms with E-state index in [1.54, 1.807) is 25.1 Å². The summed E-state index contributed by atoms with van der Waals surface area (Å²) >= 11 is 0. The number of nitrogens with zero attached hydrogens (tertiary/aromatic N) is 2. The van der Waals surface area contributed by atoms with Gasteiger partial charge in [0.1, 0.15) is 11.3 Å². The predicted octanol–water partition coefficient (Wildman–Crippen LogP) is 5.70. The van der Waals surface area contributed by atoms with Crippen molar-refractivity contribution in [2.24, 2.45) is 5.92 Å². The van der Waals surface area contributed by atoms with E-state index in [0.29, 0.717) is 57.9 Å². The summed E-state index contributed by atoms with van der Waals surface area (Å²) in [5, 5.41) is 8.27. The Morgan fingerprint density at radius 2 is 2.03 bits per heavy atom. The minimum Gasteiger partial charge on any atom is -0.466 e. The third kappa shape index (κ3) is 3.61. The normalized spacial score (nSPS) is 16.7. The van der Waals surface area contributed by atoms with Crippen LogP contribution in [0.3, 0.4) is 0 Å². The molecule has 8 heteroatoms. The van der Waals surface area contributed by atoms with Crippen LogP contribution >= 0.6 is 0 Å². The average molecular weight is 486 g/mol. The lowest BCUT2D eigenvalue weighted by atomic mass is 9.86. The molecule has 1 aromatic heterocycles. The number of hydrogen-bond acceptors (Lipinski definition) is 7. The summed E-state index contributed by atoms with van der Waals surface area (Å²) in [4.78, 5) is 28.3. The summed E-state index contributed by atoms with van der Waals surface area (Å²) in [5.41, 5.74) is 4.02. The van der Waals surface area contributed by atoms with Crippen LogP contribution in [0, 0.1) is 11.7 Å². The molecule has 36 heavy (non-hydrogen) atoms. The number of piperidine rings is 1. The molecule has 7 nitrogen and oxygen atoms in total. The van der Waals surface area contributed by atoms with E-state index in [4.69, 9.17) is 9.26 Å². The molecule has 1 saturated heterocycles. The molecule has 0 amide bonds. The third-order valence-corrected chi connectivity index (χ3v) is 6.86. The molecule has 4 aromatic rings. The molecule has 2 heterocycles. The SMILES string of the molecule is CCOC(=O)[C@@H]1CCCN(c2cc(Nc3cccc(F)c3)c3c4c(onc24)-c2ccccc2C3=O)C1. The first-order chi connectivity index (χ1) is 17.5. The molecule has 0 saturated carbocycles. The Hall–Kier alpha value is -4.20. The van der Waals surface area contributed by atoms with Crippen molar-refractivity contribution in [1.29, 1.82) is 0 Å². The van der Waals surface area contributed by atoms with Gasteiger partial charge in [0.2, 0.25) is 0 Å². The van der Waals surface area contributed by atoms with Crippen molar-refractivity contribution in [3.8, 4) is 11.3 Å². The Morgan fingerprint density at radius 3 is 2.83 bits per heavy atom. The number of ketones is 1. The minimum atomic E-state index is -0.384. The van der Waals surface area contributed by atoms with Gasteiger partial charge in [0.05, 0.1) is 34.8 Å². The summed E-state index contributed by atoms with van der Waals surface area (Å²) < 4.78 is 25.1. The van der Waals surface area contributed by atoms with E-state index in [2.05, 4.69) is 15.4 Å². The standard InChI is InChI=1S/C28H24FN3O4/c1-2-35-28(34)16-7-6-12-32(15-16)22-14-21(30-18-9-5-8-17(29)13-18)23-24-25(22)31-36-27(24)20-11-4-3-10-19(20)26(23)33/h3-5,8-11,13-14,16,30H,2,6-7,12,15H2,1H3/t16-/m1/s1. The van der Waals surface area contributed by atoms with Gasteiger partial charge in [-0.3, -0.25) is 9.59 Å². The topological polar surface area (TPSA) is 84.7 Å². The number of carbonyl (C=O) groups is 2. The highest BCUT2D eigenvalue weighted by Gasteiger charge is 2.35. The molecule has 0 radical (unpaired) electrons. The predicted molar refractivity (Wildman–Crippen MR) is 134 cm³/mol. The first-order valence-corrected chi connectivity index (χ1v) is 12.1. The minimum absolute atomic E-state index is 0.153. The third-order valence-electron chi connectivity index (χ3n) is 6.86. The van der Waals surface area contributed by atoms with Gasteiger partial charge >= 0.3 is 5.97 Å². The van der Waals surface area contributed by atoms with E-state index >= 15 is 0 Å². The Morgan fingerprint density at radius 1 is 1.19 bits per heavy atom. The highest BCUT2D eigenvalue weighted by atomic mass is 19.1. The first-order valence-electron chi connectivity index (χ1n) is 12.1. The van der Waals surface area contributed by atoms with E-state index in [9.17, 15) is 14.0 Å². The maximum absolute atomic E-state index is 14.0. The number of ether oxygens (including phenoxy) is 1. The number of fused-ring (bicyclic) bond motifs is 2.